The van der Waals surface area contributed by atoms with Crippen LogP contribution in [0.3, 0.4) is 0 Å². The summed E-state index contributed by atoms with van der Waals surface area (Å²) < 4.78 is 45.7. The van der Waals surface area contributed by atoms with Crippen LogP contribution < -0.4 is 15.6 Å². The van der Waals surface area contributed by atoms with Crippen molar-refractivity contribution >= 4 is 11.6 Å². The van der Waals surface area contributed by atoms with E-state index < -0.39 is 17.6 Å². The summed E-state index contributed by atoms with van der Waals surface area (Å²) in [4.78, 5) is 25.1. The Labute approximate surface area is 153 Å². The minimum atomic E-state index is -4.50. The molecule has 0 atom stereocenters. The Balaban J connectivity index is 2.00. The number of nitrogens with one attached hydrogen (secondary N) is 1. The quantitative estimate of drug-likeness (QED) is 0.876. The van der Waals surface area contributed by atoms with Gasteiger partial charge in [0.05, 0.1) is 12.2 Å². The average molecular weight is 380 g/mol. The maximum Gasteiger partial charge on any atom is 0.416 e. The van der Waals surface area contributed by atoms with Crippen LogP contribution >= 0.6 is 0 Å². The standard InChI is InChI=1S/C19H19F3N2O3/c1-2-27-15-11-16(25)24-9-4-3-8-14(24)17(15)18(26)23-13-7-5-6-12(10-13)19(20,21)22/h5-7,10-11H,2-4,8-9H2,1H3,(H,23,26). The molecule has 144 valence electrons. The highest BCUT2D eigenvalue weighted by molar-refractivity contribution is 6.07. The lowest BCUT2D eigenvalue weighted by Crippen LogP contribution is -2.31. The van der Waals surface area contributed by atoms with Gasteiger partial charge in [0, 0.05) is 24.0 Å². The molecule has 27 heavy (non-hydrogen) atoms. The van der Waals surface area contributed by atoms with Gasteiger partial charge in [-0.05, 0) is 44.4 Å². The van der Waals surface area contributed by atoms with Crippen molar-refractivity contribution in [3.05, 3.63) is 57.5 Å². The first-order chi connectivity index (χ1) is 12.8. The molecular formula is C19H19F3N2O3. The molecule has 5 nitrogen and oxygen atoms in total. The molecule has 1 aliphatic heterocycles. The first kappa shape index (κ1) is 19.0. The molecule has 0 saturated carbocycles. The topological polar surface area (TPSA) is 60.3 Å². The van der Waals surface area contributed by atoms with Crippen LogP contribution in [0, 0.1) is 0 Å². The highest BCUT2D eigenvalue weighted by Crippen LogP contribution is 2.31. The van der Waals surface area contributed by atoms with E-state index in [0.29, 0.717) is 18.7 Å². The van der Waals surface area contributed by atoms with Crippen LogP contribution in [0.1, 0.15) is 41.4 Å². The van der Waals surface area contributed by atoms with E-state index in [1.807, 2.05) is 0 Å². The number of aromatic nitrogens is 1. The van der Waals surface area contributed by atoms with Crippen LogP contribution in [0.15, 0.2) is 35.1 Å². The Hall–Kier alpha value is -2.77. The van der Waals surface area contributed by atoms with Gasteiger partial charge < -0.3 is 14.6 Å². The number of ether oxygens (including phenoxy) is 1. The smallest absolute Gasteiger partial charge is 0.416 e. The van der Waals surface area contributed by atoms with Crippen molar-refractivity contribution in [3.63, 3.8) is 0 Å². The van der Waals surface area contributed by atoms with E-state index in [-0.39, 0.29) is 29.2 Å². The number of fused-ring (bicyclic) bond motifs is 1. The van der Waals surface area contributed by atoms with Gasteiger partial charge in [-0.3, -0.25) is 9.59 Å². The fourth-order valence-electron chi connectivity index (χ4n) is 3.22. The first-order valence-electron chi connectivity index (χ1n) is 8.69. The van der Waals surface area contributed by atoms with Gasteiger partial charge in [-0.1, -0.05) is 6.07 Å². The minimum Gasteiger partial charge on any atom is -0.493 e. The molecular weight excluding hydrogens is 361 g/mol. The third-order valence-electron chi connectivity index (χ3n) is 4.40. The number of anilines is 1. The summed E-state index contributed by atoms with van der Waals surface area (Å²) in [6, 6.07) is 5.69. The predicted molar refractivity (Wildman–Crippen MR) is 94.2 cm³/mol. The predicted octanol–water partition coefficient (Wildman–Crippen LogP) is 3.85. The number of carbonyl (C=O) groups excluding carboxylic acids is 1. The monoisotopic (exact) mass is 380 g/mol. The van der Waals surface area contributed by atoms with Gasteiger partial charge >= 0.3 is 6.18 Å². The molecule has 1 aliphatic rings. The zero-order valence-corrected chi connectivity index (χ0v) is 14.7. The number of benzene rings is 1. The maximum absolute atomic E-state index is 12.9. The number of hydrogen-bond acceptors (Lipinski definition) is 3. The van der Waals surface area contributed by atoms with Crippen molar-refractivity contribution in [2.75, 3.05) is 11.9 Å². The molecule has 1 N–H and O–H groups in total. The van der Waals surface area contributed by atoms with Crippen LogP contribution in [0.5, 0.6) is 5.75 Å². The van der Waals surface area contributed by atoms with E-state index in [0.717, 1.165) is 25.0 Å². The number of nitrogens with zero attached hydrogens (tertiary/aromatic N) is 1. The molecule has 0 bridgehead atoms. The van der Waals surface area contributed by atoms with E-state index in [1.54, 1.807) is 6.92 Å². The number of hydrogen-bond donors (Lipinski definition) is 1. The molecule has 1 aromatic heterocycles. The zero-order chi connectivity index (χ0) is 19.6. The number of amides is 1. The van der Waals surface area contributed by atoms with Crippen LogP contribution in [-0.4, -0.2) is 17.1 Å². The molecule has 1 amide bonds. The molecule has 0 radical (unpaired) electrons. The van der Waals surface area contributed by atoms with Crippen molar-refractivity contribution < 1.29 is 22.7 Å². The van der Waals surface area contributed by atoms with Gasteiger partial charge in [-0.15, -0.1) is 0 Å². The number of alkyl halides is 3. The maximum atomic E-state index is 12.9. The highest BCUT2D eigenvalue weighted by Gasteiger charge is 2.31. The average Bonchev–Trinajstić information content (AvgIpc) is 2.61. The molecule has 1 aromatic carbocycles. The minimum absolute atomic E-state index is 0.0260. The van der Waals surface area contributed by atoms with E-state index in [9.17, 15) is 22.8 Å². The third-order valence-corrected chi connectivity index (χ3v) is 4.40. The SMILES string of the molecule is CCOc1cc(=O)n2c(c1C(=O)Nc1cccc(C(F)(F)F)c1)CCCC2. The Kier molecular flexibility index (Phi) is 5.25. The summed E-state index contributed by atoms with van der Waals surface area (Å²) in [5, 5.41) is 2.50. The van der Waals surface area contributed by atoms with Gasteiger partial charge in [0.15, 0.2) is 0 Å². The van der Waals surface area contributed by atoms with E-state index in [1.165, 1.54) is 22.8 Å². The molecule has 3 rings (SSSR count). The van der Waals surface area contributed by atoms with Crippen molar-refractivity contribution in [2.45, 2.75) is 38.9 Å². The normalized spacial score (nSPS) is 13.8. The molecule has 2 heterocycles. The lowest BCUT2D eigenvalue weighted by atomic mass is 10.0. The van der Waals surface area contributed by atoms with E-state index in [2.05, 4.69) is 5.32 Å². The zero-order valence-electron chi connectivity index (χ0n) is 14.7. The van der Waals surface area contributed by atoms with Crippen LogP contribution in [0.25, 0.3) is 0 Å². The summed E-state index contributed by atoms with van der Waals surface area (Å²) in [6.45, 7) is 2.49. The summed E-state index contributed by atoms with van der Waals surface area (Å²) in [5.74, 6) is -0.441. The fourth-order valence-corrected chi connectivity index (χ4v) is 3.22. The molecule has 0 spiro atoms. The van der Waals surface area contributed by atoms with E-state index >= 15 is 0 Å². The second-order valence-electron chi connectivity index (χ2n) is 6.24. The van der Waals surface area contributed by atoms with Crippen molar-refractivity contribution in [1.29, 1.82) is 0 Å². The number of rotatable bonds is 4. The van der Waals surface area contributed by atoms with Crippen LogP contribution in [-0.2, 0) is 19.1 Å². The third kappa shape index (κ3) is 3.99. The summed E-state index contributed by atoms with van der Waals surface area (Å²) in [7, 11) is 0. The lowest BCUT2D eigenvalue weighted by molar-refractivity contribution is -0.137. The Morgan fingerprint density at radius 1 is 1.26 bits per heavy atom. The molecule has 0 unspecified atom stereocenters. The van der Waals surface area contributed by atoms with Crippen molar-refractivity contribution in [3.8, 4) is 5.75 Å². The van der Waals surface area contributed by atoms with Gasteiger partial charge in [-0.25, -0.2) is 0 Å². The van der Waals surface area contributed by atoms with E-state index in [4.69, 9.17) is 4.74 Å². The molecule has 0 aliphatic carbocycles. The second kappa shape index (κ2) is 7.46. The first-order valence-corrected chi connectivity index (χ1v) is 8.69. The summed E-state index contributed by atoms with van der Waals surface area (Å²) in [6.07, 6.45) is -2.33. The Bertz CT molecular complexity index is 919. The molecule has 0 saturated heterocycles. The van der Waals surface area contributed by atoms with Crippen LogP contribution in [0.4, 0.5) is 18.9 Å². The van der Waals surface area contributed by atoms with Gasteiger partial charge in [-0.2, -0.15) is 13.2 Å². The summed E-state index contributed by atoms with van der Waals surface area (Å²) in [5.41, 5.74) is -0.311. The lowest BCUT2D eigenvalue weighted by Gasteiger charge is -2.23. The van der Waals surface area contributed by atoms with Gasteiger partial charge in [0.2, 0.25) is 0 Å². The molecule has 2 aromatic rings. The Morgan fingerprint density at radius 3 is 2.74 bits per heavy atom. The second-order valence-corrected chi connectivity index (χ2v) is 6.24. The number of carbonyl (C=O) groups is 1. The van der Waals surface area contributed by atoms with Gasteiger partial charge in [0.1, 0.15) is 11.3 Å². The highest BCUT2D eigenvalue weighted by atomic mass is 19.4. The number of pyridine rings is 1. The summed E-state index contributed by atoms with van der Waals surface area (Å²) >= 11 is 0. The van der Waals surface area contributed by atoms with Gasteiger partial charge in [0.25, 0.3) is 11.5 Å². The van der Waals surface area contributed by atoms with Crippen LogP contribution in [0.2, 0.25) is 0 Å². The fraction of sp³-hybridized carbons (Fsp3) is 0.368. The van der Waals surface area contributed by atoms with Crippen molar-refractivity contribution in [1.82, 2.24) is 4.57 Å². The largest absolute Gasteiger partial charge is 0.493 e. The van der Waals surface area contributed by atoms with Crippen molar-refractivity contribution in [2.24, 2.45) is 0 Å². The number of halogens is 3. The molecule has 0 fully saturated rings. The Morgan fingerprint density at radius 2 is 2.04 bits per heavy atom. The molecule has 8 heteroatoms.